The van der Waals surface area contributed by atoms with Crippen LogP contribution in [0.3, 0.4) is 0 Å². The van der Waals surface area contributed by atoms with Gasteiger partial charge in [-0.25, -0.2) is 0 Å². The molecule has 6 heteroatoms. The second kappa shape index (κ2) is 7.15. The third-order valence-electron chi connectivity index (χ3n) is 2.78. The summed E-state index contributed by atoms with van der Waals surface area (Å²) < 4.78 is 39.9. The first-order valence-electron chi connectivity index (χ1n) is 6.27. The van der Waals surface area contributed by atoms with Crippen molar-refractivity contribution in [2.24, 2.45) is 0 Å². The minimum Gasteiger partial charge on any atom is -0.406 e. The van der Waals surface area contributed by atoms with Crippen LogP contribution >= 0.6 is 0 Å². The van der Waals surface area contributed by atoms with Gasteiger partial charge in [0, 0.05) is 25.6 Å². The zero-order valence-electron chi connectivity index (χ0n) is 11.4. The molecule has 0 saturated carbocycles. The van der Waals surface area contributed by atoms with E-state index >= 15 is 0 Å². The quantitative estimate of drug-likeness (QED) is 0.800. The maximum Gasteiger partial charge on any atom is 0.573 e. The molecule has 20 heavy (non-hydrogen) atoms. The van der Waals surface area contributed by atoms with Gasteiger partial charge in [0.05, 0.1) is 6.07 Å². The van der Waals surface area contributed by atoms with E-state index in [9.17, 15) is 13.2 Å². The average molecular weight is 286 g/mol. The summed E-state index contributed by atoms with van der Waals surface area (Å²) in [6, 6.07) is 8.14. The standard InChI is InChI=1S/C14H17F3N2O/c1-11(2)19(9-3-8-18)10-12-4-6-13(7-5-12)20-14(15,16)17/h4-7,11H,3,9-10H2,1-2H3. The van der Waals surface area contributed by atoms with Crippen LogP contribution in [0, 0.1) is 11.3 Å². The molecule has 0 fully saturated rings. The second-order valence-electron chi connectivity index (χ2n) is 4.66. The predicted molar refractivity (Wildman–Crippen MR) is 68.9 cm³/mol. The molecule has 1 aromatic rings. The Morgan fingerprint density at radius 2 is 1.85 bits per heavy atom. The molecule has 1 rings (SSSR count). The molecular weight excluding hydrogens is 269 g/mol. The van der Waals surface area contributed by atoms with E-state index in [1.165, 1.54) is 12.1 Å². The molecule has 0 atom stereocenters. The number of hydrogen-bond donors (Lipinski definition) is 0. The van der Waals surface area contributed by atoms with Crippen molar-refractivity contribution in [1.29, 1.82) is 5.26 Å². The summed E-state index contributed by atoms with van der Waals surface area (Å²) in [4.78, 5) is 2.09. The smallest absolute Gasteiger partial charge is 0.406 e. The Labute approximate surface area is 116 Å². The fraction of sp³-hybridized carbons (Fsp3) is 0.500. The van der Waals surface area contributed by atoms with Crippen molar-refractivity contribution in [1.82, 2.24) is 4.90 Å². The predicted octanol–water partition coefficient (Wildman–Crippen LogP) is 3.71. The zero-order chi connectivity index (χ0) is 15.2. The number of hydrogen-bond acceptors (Lipinski definition) is 3. The molecule has 0 N–H and O–H groups in total. The van der Waals surface area contributed by atoms with E-state index < -0.39 is 6.36 Å². The van der Waals surface area contributed by atoms with Crippen LogP contribution < -0.4 is 4.74 Å². The first-order chi connectivity index (χ1) is 9.31. The lowest BCUT2D eigenvalue weighted by Gasteiger charge is -2.25. The summed E-state index contributed by atoms with van der Waals surface area (Å²) in [6.07, 6.45) is -4.24. The third-order valence-corrected chi connectivity index (χ3v) is 2.78. The molecule has 0 heterocycles. The van der Waals surface area contributed by atoms with E-state index in [1.807, 2.05) is 13.8 Å². The van der Waals surface area contributed by atoms with E-state index in [4.69, 9.17) is 5.26 Å². The summed E-state index contributed by atoms with van der Waals surface area (Å²) >= 11 is 0. The lowest BCUT2D eigenvalue weighted by Crippen LogP contribution is -2.31. The number of ether oxygens (including phenoxy) is 1. The first-order valence-corrected chi connectivity index (χ1v) is 6.27. The van der Waals surface area contributed by atoms with Crippen LogP contribution in [0.4, 0.5) is 13.2 Å². The van der Waals surface area contributed by atoms with Gasteiger partial charge in [-0.1, -0.05) is 12.1 Å². The van der Waals surface area contributed by atoms with Gasteiger partial charge in [-0.3, -0.25) is 4.90 Å². The molecular formula is C14H17F3N2O. The summed E-state index contributed by atoms with van der Waals surface area (Å²) in [7, 11) is 0. The largest absolute Gasteiger partial charge is 0.573 e. The molecule has 0 aliphatic rings. The molecule has 0 bridgehead atoms. The van der Waals surface area contributed by atoms with Gasteiger partial charge in [-0.05, 0) is 31.5 Å². The highest BCUT2D eigenvalue weighted by molar-refractivity contribution is 5.27. The Hall–Kier alpha value is -1.74. The third kappa shape index (κ3) is 5.93. The van der Waals surface area contributed by atoms with Crippen LogP contribution in [-0.2, 0) is 6.54 Å². The second-order valence-corrected chi connectivity index (χ2v) is 4.66. The van der Waals surface area contributed by atoms with Gasteiger partial charge in [0.1, 0.15) is 5.75 Å². The number of nitriles is 1. The van der Waals surface area contributed by atoms with Crippen LogP contribution in [0.25, 0.3) is 0 Å². The highest BCUT2D eigenvalue weighted by atomic mass is 19.4. The van der Waals surface area contributed by atoms with E-state index in [-0.39, 0.29) is 11.8 Å². The topological polar surface area (TPSA) is 36.3 Å². The molecule has 0 radical (unpaired) electrons. The Morgan fingerprint density at radius 3 is 2.30 bits per heavy atom. The highest BCUT2D eigenvalue weighted by Crippen LogP contribution is 2.23. The van der Waals surface area contributed by atoms with E-state index in [2.05, 4.69) is 15.7 Å². The Morgan fingerprint density at radius 1 is 1.25 bits per heavy atom. The van der Waals surface area contributed by atoms with Gasteiger partial charge in [0.15, 0.2) is 0 Å². The summed E-state index contributed by atoms with van der Waals surface area (Å²) in [5, 5.41) is 8.61. The van der Waals surface area contributed by atoms with Crippen LogP contribution in [0.1, 0.15) is 25.8 Å². The van der Waals surface area contributed by atoms with E-state index in [0.29, 0.717) is 19.5 Å². The van der Waals surface area contributed by atoms with E-state index in [0.717, 1.165) is 5.56 Å². The lowest BCUT2D eigenvalue weighted by molar-refractivity contribution is -0.274. The van der Waals surface area contributed by atoms with Crippen LogP contribution in [0.15, 0.2) is 24.3 Å². The molecule has 0 unspecified atom stereocenters. The lowest BCUT2D eigenvalue weighted by atomic mass is 10.1. The Kier molecular flexibility index (Phi) is 5.83. The van der Waals surface area contributed by atoms with Crippen molar-refractivity contribution in [2.45, 2.75) is 39.2 Å². The average Bonchev–Trinajstić information content (AvgIpc) is 2.34. The summed E-state index contributed by atoms with van der Waals surface area (Å²) in [6.45, 7) is 5.25. The Balaban J connectivity index is 2.66. The molecule has 1 aromatic carbocycles. The number of halogens is 3. The fourth-order valence-corrected chi connectivity index (χ4v) is 1.74. The van der Waals surface area contributed by atoms with Crippen LogP contribution in [-0.4, -0.2) is 23.8 Å². The number of nitrogens with zero attached hydrogens (tertiary/aromatic N) is 2. The number of alkyl halides is 3. The molecule has 0 saturated heterocycles. The van der Waals surface area contributed by atoms with E-state index in [1.54, 1.807) is 12.1 Å². The normalized spacial score (nSPS) is 11.7. The van der Waals surface area contributed by atoms with Crippen molar-refractivity contribution in [3.05, 3.63) is 29.8 Å². The minimum atomic E-state index is -4.67. The van der Waals surface area contributed by atoms with Crippen molar-refractivity contribution < 1.29 is 17.9 Å². The maximum atomic E-state index is 12.0. The maximum absolute atomic E-state index is 12.0. The van der Waals surface area contributed by atoms with Gasteiger partial charge >= 0.3 is 6.36 Å². The SMILES string of the molecule is CC(C)N(CCC#N)Cc1ccc(OC(F)(F)F)cc1. The number of rotatable bonds is 6. The zero-order valence-corrected chi connectivity index (χ0v) is 11.4. The molecule has 0 spiro atoms. The molecule has 3 nitrogen and oxygen atoms in total. The van der Waals surface area contributed by atoms with Crippen molar-refractivity contribution in [3.63, 3.8) is 0 Å². The number of benzene rings is 1. The molecule has 0 aromatic heterocycles. The van der Waals surface area contributed by atoms with Crippen molar-refractivity contribution in [3.8, 4) is 11.8 Å². The van der Waals surface area contributed by atoms with Gasteiger partial charge < -0.3 is 4.74 Å². The Bertz CT molecular complexity index is 449. The monoisotopic (exact) mass is 286 g/mol. The summed E-state index contributed by atoms with van der Waals surface area (Å²) in [5.74, 6) is -0.227. The van der Waals surface area contributed by atoms with Crippen molar-refractivity contribution >= 4 is 0 Å². The van der Waals surface area contributed by atoms with Gasteiger partial charge in [0.25, 0.3) is 0 Å². The molecule has 0 aliphatic carbocycles. The fourth-order valence-electron chi connectivity index (χ4n) is 1.74. The van der Waals surface area contributed by atoms with Crippen LogP contribution in [0.5, 0.6) is 5.75 Å². The molecule has 110 valence electrons. The minimum absolute atomic E-state index is 0.227. The summed E-state index contributed by atoms with van der Waals surface area (Å²) in [5.41, 5.74) is 0.881. The highest BCUT2D eigenvalue weighted by Gasteiger charge is 2.30. The molecule has 0 aliphatic heterocycles. The first kappa shape index (κ1) is 16.3. The van der Waals surface area contributed by atoms with Crippen LogP contribution in [0.2, 0.25) is 0 Å². The van der Waals surface area contributed by atoms with Gasteiger partial charge in [-0.15, -0.1) is 13.2 Å². The van der Waals surface area contributed by atoms with Gasteiger partial charge in [-0.2, -0.15) is 5.26 Å². The van der Waals surface area contributed by atoms with Gasteiger partial charge in [0.2, 0.25) is 0 Å². The van der Waals surface area contributed by atoms with Crippen molar-refractivity contribution in [2.75, 3.05) is 6.54 Å². The molecule has 0 amide bonds.